The minimum Gasteiger partial charge on any atom is -0.336 e. The van der Waals surface area contributed by atoms with Gasteiger partial charge < -0.3 is 4.90 Å². The van der Waals surface area contributed by atoms with Crippen LogP contribution in [0.1, 0.15) is 60.6 Å². The third-order valence-electron chi connectivity index (χ3n) is 5.15. The Morgan fingerprint density at radius 2 is 1.93 bits per heavy atom. The maximum atomic E-state index is 13.0. The number of hydrogen-bond acceptors (Lipinski definition) is 3. The summed E-state index contributed by atoms with van der Waals surface area (Å²) in [6.07, 6.45) is 3.29. The van der Waals surface area contributed by atoms with Crippen molar-refractivity contribution in [1.29, 1.82) is 0 Å². The Kier molecular flexibility index (Phi) is 5.53. The van der Waals surface area contributed by atoms with Crippen LogP contribution in [0.15, 0.2) is 24.5 Å². The molecule has 2 heterocycles. The van der Waals surface area contributed by atoms with Crippen LogP contribution in [0.2, 0.25) is 0 Å². The predicted octanol–water partition coefficient (Wildman–Crippen LogP) is 4.39. The van der Waals surface area contributed by atoms with Gasteiger partial charge in [-0.15, -0.1) is 0 Å². The highest BCUT2D eigenvalue weighted by Crippen LogP contribution is 2.29. The summed E-state index contributed by atoms with van der Waals surface area (Å²) in [5.74, 6) is 0.167. The van der Waals surface area contributed by atoms with E-state index in [1.165, 1.54) is 23.4 Å². The molecule has 2 aromatic heterocycles. The maximum Gasteiger partial charge on any atom is 0.417 e. The Morgan fingerprint density at radius 1 is 1.22 bits per heavy atom. The van der Waals surface area contributed by atoms with Gasteiger partial charge in [0.1, 0.15) is 0 Å². The highest BCUT2D eigenvalue weighted by Gasteiger charge is 2.31. The molecule has 8 heteroatoms. The zero-order chi connectivity index (χ0) is 19.6. The monoisotopic (exact) mass is 380 g/mol. The number of rotatable bonds is 4. The average Bonchev–Trinajstić information content (AvgIpc) is 3.04. The van der Waals surface area contributed by atoms with E-state index in [0.29, 0.717) is 17.8 Å². The third-order valence-corrected chi connectivity index (χ3v) is 5.15. The summed E-state index contributed by atoms with van der Waals surface area (Å²) in [6, 6.07) is 2.46. The SMILES string of the molecule is CCN(C(=O)c1cnn(-c2ccc(C(F)(F)F)cn2)c1C)C1CCCCC1. The molecular weight excluding hydrogens is 357 g/mol. The summed E-state index contributed by atoms with van der Waals surface area (Å²) in [7, 11) is 0. The molecule has 0 aromatic carbocycles. The van der Waals surface area contributed by atoms with E-state index in [-0.39, 0.29) is 17.8 Å². The van der Waals surface area contributed by atoms with E-state index >= 15 is 0 Å². The molecule has 0 radical (unpaired) electrons. The topological polar surface area (TPSA) is 51.0 Å². The van der Waals surface area contributed by atoms with Crippen molar-refractivity contribution in [3.63, 3.8) is 0 Å². The van der Waals surface area contributed by atoms with Gasteiger partial charge in [0.15, 0.2) is 5.82 Å². The van der Waals surface area contributed by atoms with Crippen LogP contribution < -0.4 is 0 Å². The van der Waals surface area contributed by atoms with E-state index in [1.807, 2.05) is 11.8 Å². The molecule has 27 heavy (non-hydrogen) atoms. The molecule has 1 aliphatic carbocycles. The van der Waals surface area contributed by atoms with Crippen LogP contribution in [-0.2, 0) is 6.18 Å². The van der Waals surface area contributed by atoms with Crippen molar-refractivity contribution in [2.75, 3.05) is 6.54 Å². The summed E-state index contributed by atoms with van der Waals surface area (Å²) in [5, 5.41) is 4.19. The second-order valence-electron chi connectivity index (χ2n) is 6.84. The van der Waals surface area contributed by atoms with Crippen LogP contribution in [0.4, 0.5) is 13.2 Å². The van der Waals surface area contributed by atoms with Crippen molar-refractivity contribution >= 4 is 5.91 Å². The number of aromatic nitrogens is 3. The molecule has 3 rings (SSSR count). The first-order chi connectivity index (χ1) is 12.8. The zero-order valence-corrected chi connectivity index (χ0v) is 15.5. The Balaban J connectivity index is 1.84. The number of halogens is 3. The Labute approximate surface area is 156 Å². The van der Waals surface area contributed by atoms with Crippen LogP contribution in [0.25, 0.3) is 5.82 Å². The van der Waals surface area contributed by atoms with Gasteiger partial charge in [-0.25, -0.2) is 9.67 Å². The molecule has 0 bridgehead atoms. The fraction of sp³-hybridized carbons (Fsp3) is 0.526. The number of carbonyl (C=O) groups excluding carboxylic acids is 1. The van der Waals surface area contributed by atoms with Crippen LogP contribution in [-0.4, -0.2) is 38.2 Å². The smallest absolute Gasteiger partial charge is 0.336 e. The minimum atomic E-state index is -4.44. The van der Waals surface area contributed by atoms with Crippen molar-refractivity contribution in [2.45, 2.75) is 58.2 Å². The molecule has 1 aliphatic rings. The van der Waals surface area contributed by atoms with E-state index in [9.17, 15) is 18.0 Å². The van der Waals surface area contributed by atoms with Crippen LogP contribution in [0.3, 0.4) is 0 Å². The molecule has 0 aliphatic heterocycles. The molecule has 1 fully saturated rings. The van der Waals surface area contributed by atoms with Gasteiger partial charge in [-0.2, -0.15) is 18.3 Å². The quantitative estimate of drug-likeness (QED) is 0.791. The number of pyridine rings is 1. The first-order valence-corrected chi connectivity index (χ1v) is 9.22. The van der Waals surface area contributed by atoms with E-state index in [1.54, 1.807) is 6.92 Å². The summed E-state index contributed by atoms with van der Waals surface area (Å²) < 4.78 is 39.5. The molecule has 0 N–H and O–H groups in total. The summed E-state index contributed by atoms with van der Waals surface area (Å²) in [4.78, 5) is 18.8. The molecule has 0 spiro atoms. The van der Waals surface area contributed by atoms with Gasteiger partial charge in [0.25, 0.3) is 5.91 Å². The van der Waals surface area contributed by atoms with Gasteiger partial charge in [0, 0.05) is 18.8 Å². The zero-order valence-electron chi connectivity index (χ0n) is 15.5. The lowest BCUT2D eigenvalue weighted by molar-refractivity contribution is -0.137. The van der Waals surface area contributed by atoms with Gasteiger partial charge >= 0.3 is 6.18 Å². The highest BCUT2D eigenvalue weighted by molar-refractivity contribution is 5.95. The van der Waals surface area contributed by atoms with E-state index in [0.717, 1.165) is 37.9 Å². The first-order valence-electron chi connectivity index (χ1n) is 9.22. The third kappa shape index (κ3) is 3.99. The Bertz CT molecular complexity index is 792. The Morgan fingerprint density at radius 3 is 2.48 bits per heavy atom. The number of amides is 1. The average molecular weight is 380 g/mol. The largest absolute Gasteiger partial charge is 0.417 e. The van der Waals surface area contributed by atoms with Crippen molar-refractivity contribution in [3.8, 4) is 5.82 Å². The number of alkyl halides is 3. The van der Waals surface area contributed by atoms with Gasteiger partial charge in [-0.3, -0.25) is 4.79 Å². The lowest BCUT2D eigenvalue weighted by Crippen LogP contribution is -2.41. The van der Waals surface area contributed by atoms with Crippen LogP contribution >= 0.6 is 0 Å². The number of hydrogen-bond donors (Lipinski definition) is 0. The second-order valence-corrected chi connectivity index (χ2v) is 6.84. The summed E-state index contributed by atoms with van der Waals surface area (Å²) in [5.41, 5.74) is 0.215. The molecular formula is C19H23F3N4O. The fourth-order valence-electron chi connectivity index (χ4n) is 3.64. The lowest BCUT2D eigenvalue weighted by atomic mass is 9.93. The van der Waals surface area contributed by atoms with E-state index in [4.69, 9.17) is 0 Å². The predicted molar refractivity (Wildman–Crippen MR) is 94.7 cm³/mol. The first kappa shape index (κ1) is 19.4. The maximum absolute atomic E-state index is 13.0. The van der Waals surface area contributed by atoms with Crippen molar-refractivity contribution in [1.82, 2.24) is 19.7 Å². The van der Waals surface area contributed by atoms with Gasteiger partial charge in [0.2, 0.25) is 0 Å². The minimum absolute atomic E-state index is 0.0833. The molecule has 0 atom stereocenters. The van der Waals surface area contributed by atoms with Crippen LogP contribution in [0, 0.1) is 6.92 Å². The lowest BCUT2D eigenvalue weighted by Gasteiger charge is -2.33. The summed E-state index contributed by atoms with van der Waals surface area (Å²) >= 11 is 0. The molecule has 5 nitrogen and oxygen atoms in total. The van der Waals surface area contributed by atoms with Gasteiger partial charge in [-0.05, 0) is 38.8 Å². The number of nitrogens with zero attached hydrogens (tertiary/aromatic N) is 4. The molecule has 0 unspecified atom stereocenters. The van der Waals surface area contributed by atoms with Gasteiger partial charge in [-0.1, -0.05) is 19.3 Å². The summed E-state index contributed by atoms with van der Waals surface area (Å²) in [6.45, 7) is 4.31. The van der Waals surface area contributed by atoms with Gasteiger partial charge in [0.05, 0.1) is 23.0 Å². The normalized spacial score (nSPS) is 15.7. The molecule has 1 saturated carbocycles. The van der Waals surface area contributed by atoms with E-state index < -0.39 is 11.7 Å². The van der Waals surface area contributed by atoms with E-state index in [2.05, 4.69) is 10.1 Å². The number of carbonyl (C=O) groups is 1. The van der Waals surface area contributed by atoms with Crippen molar-refractivity contribution < 1.29 is 18.0 Å². The molecule has 1 amide bonds. The highest BCUT2D eigenvalue weighted by atomic mass is 19.4. The van der Waals surface area contributed by atoms with Crippen molar-refractivity contribution in [2.24, 2.45) is 0 Å². The molecule has 146 valence electrons. The van der Waals surface area contributed by atoms with Crippen molar-refractivity contribution in [3.05, 3.63) is 41.3 Å². The second kappa shape index (κ2) is 7.70. The standard InChI is InChI=1S/C19H23F3N4O/c1-3-25(15-7-5-4-6-8-15)18(27)16-12-24-26(13(16)2)17-10-9-14(11-23-17)19(20,21)22/h9-12,15H,3-8H2,1-2H3. The Hall–Kier alpha value is -2.38. The molecule has 2 aromatic rings. The molecule has 0 saturated heterocycles. The fourth-order valence-corrected chi connectivity index (χ4v) is 3.64. The van der Waals surface area contributed by atoms with Crippen LogP contribution in [0.5, 0.6) is 0 Å².